The maximum absolute atomic E-state index is 5.30. The fourth-order valence-corrected chi connectivity index (χ4v) is 0.992. The van der Waals surface area contributed by atoms with Crippen LogP contribution in [0.2, 0.25) is 0 Å². The van der Waals surface area contributed by atoms with Crippen LogP contribution in [0.25, 0.3) is 0 Å². The summed E-state index contributed by atoms with van der Waals surface area (Å²) in [6.07, 6.45) is 6.47. The molecule has 0 rings (SSSR count). The summed E-state index contributed by atoms with van der Waals surface area (Å²) in [5, 5.41) is 3.41. The number of rotatable bonds is 6. The smallest absolute Gasteiger partial charge is 0.0137 e. The quantitative estimate of drug-likeness (QED) is 0.568. The zero-order valence-electron chi connectivity index (χ0n) is 7.64. The van der Waals surface area contributed by atoms with E-state index in [0.29, 0.717) is 12.6 Å². The molecule has 0 amide bonds. The number of nitrogens with two attached hydrogens (primary N) is 1. The topological polar surface area (TPSA) is 38.0 Å². The summed E-state index contributed by atoms with van der Waals surface area (Å²) in [7, 11) is 0. The monoisotopic (exact) mass is 156 g/mol. The van der Waals surface area contributed by atoms with Gasteiger partial charge >= 0.3 is 0 Å². The van der Waals surface area contributed by atoms with E-state index in [2.05, 4.69) is 25.2 Å². The van der Waals surface area contributed by atoms with Crippen LogP contribution in [0, 0.1) is 0 Å². The maximum Gasteiger partial charge on any atom is 0.0137 e. The van der Waals surface area contributed by atoms with Crippen molar-refractivity contribution in [3.8, 4) is 0 Å². The molecule has 0 aliphatic heterocycles. The summed E-state index contributed by atoms with van der Waals surface area (Å²) in [6, 6.07) is 0.664. The second kappa shape index (κ2) is 7.76. The molecule has 0 aromatic rings. The third kappa shape index (κ3) is 6.07. The van der Waals surface area contributed by atoms with E-state index in [-0.39, 0.29) is 0 Å². The van der Waals surface area contributed by atoms with Gasteiger partial charge in [-0.15, -0.1) is 0 Å². The highest BCUT2D eigenvalue weighted by Crippen LogP contribution is 1.94. The summed E-state index contributed by atoms with van der Waals surface area (Å²) in [6.45, 7) is 6.00. The molecule has 0 spiro atoms. The molecule has 0 bridgehead atoms. The Balaban J connectivity index is 3.27. The number of hydrogen-bond acceptors (Lipinski definition) is 2. The number of nitrogens with one attached hydrogen (secondary N) is 1. The third-order valence-corrected chi connectivity index (χ3v) is 1.81. The van der Waals surface area contributed by atoms with Crippen LogP contribution in [0.3, 0.4) is 0 Å². The molecule has 0 atom stereocenters. The first-order valence-corrected chi connectivity index (χ1v) is 4.43. The predicted octanol–water partition coefficient (Wildman–Crippen LogP) is 1.28. The molecule has 0 heterocycles. The van der Waals surface area contributed by atoms with Crippen LogP contribution in [-0.4, -0.2) is 19.1 Å². The Bertz CT molecular complexity index is 95.7. The van der Waals surface area contributed by atoms with Gasteiger partial charge in [-0.05, 0) is 12.8 Å². The first-order valence-electron chi connectivity index (χ1n) is 4.43. The summed E-state index contributed by atoms with van der Waals surface area (Å²) >= 11 is 0. The fourth-order valence-electron chi connectivity index (χ4n) is 0.992. The van der Waals surface area contributed by atoms with Crippen molar-refractivity contribution in [1.82, 2.24) is 5.32 Å². The molecule has 2 nitrogen and oxygen atoms in total. The van der Waals surface area contributed by atoms with Crippen molar-refractivity contribution in [2.24, 2.45) is 5.73 Å². The van der Waals surface area contributed by atoms with Crippen molar-refractivity contribution in [1.29, 1.82) is 0 Å². The molecule has 0 aliphatic carbocycles. The van der Waals surface area contributed by atoms with Gasteiger partial charge in [-0.2, -0.15) is 0 Å². The van der Waals surface area contributed by atoms with Gasteiger partial charge in [-0.25, -0.2) is 0 Å². The van der Waals surface area contributed by atoms with E-state index >= 15 is 0 Å². The summed E-state index contributed by atoms with van der Waals surface area (Å²) in [4.78, 5) is 0. The van der Waals surface area contributed by atoms with Gasteiger partial charge in [0.2, 0.25) is 0 Å². The Labute approximate surface area is 69.9 Å². The van der Waals surface area contributed by atoms with Gasteiger partial charge in [-0.3, -0.25) is 0 Å². The lowest BCUT2D eigenvalue weighted by molar-refractivity contribution is 0.510. The predicted molar refractivity (Wildman–Crippen MR) is 50.6 cm³/mol. The van der Waals surface area contributed by atoms with Crippen molar-refractivity contribution in [3.63, 3.8) is 0 Å². The van der Waals surface area contributed by atoms with Gasteiger partial charge in [0.1, 0.15) is 0 Å². The first-order chi connectivity index (χ1) is 5.35. The standard InChI is InChI=1S/C9H20N2/c1-3-9(4-2)11-8-6-5-7-10/h5-6,9,11H,3-4,7-8,10H2,1-2H3/b6-5+. The molecular formula is C9H20N2. The normalized spacial score (nSPS) is 11.6. The molecule has 0 aromatic heterocycles. The molecule has 2 heteroatoms. The van der Waals surface area contributed by atoms with E-state index in [9.17, 15) is 0 Å². The van der Waals surface area contributed by atoms with E-state index in [0.717, 1.165) is 6.54 Å². The van der Waals surface area contributed by atoms with E-state index in [4.69, 9.17) is 5.73 Å². The first kappa shape index (κ1) is 10.7. The van der Waals surface area contributed by atoms with Crippen LogP contribution in [0.1, 0.15) is 26.7 Å². The van der Waals surface area contributed by atoms with Gasteiger partial charge < -0.3 is 11.1 Å². The van der Waals surface area contributed by atoms with Crippen molar-refractivity contribution >= 4 is 0 Å². The summed E-state index contributed by atoms with van der Waals surface area (Å²) in [5.74, 6) is 0. The highest BCUT2D eigenvalue weighted by Gasteiger charge is 1.97. The Morgan fingerprint density at radius 2 is 1.91 bits per heavy atom. The van der Waals surface area contributed by atoms with Crippen LogP contribution >= 0.6 is 0 Å². The minimum atomic E-state index is 0.643. The Hall–Kier alpha value is -0.340. The minimum absolute atomic E-state index is 0.643. The van der Waals surface area contributed by atoms with Crippen LogP contribution in [0.4, 0.5) is 0 Å². The lowest BCUT2D eigenvalue weighted by atomic mass is 10.2. The Kier molecular flexibility index (Phi) is 7.52. The van der Waals surface area contributed by atoms with Crippen LogP contribution in [0.15, 0.2) is 12.2 Å². The fraction of sp³-hybridized carbons (Fsp3) is 0.778. The maximum atomic E-state index is 5.30. The summed E-state index contributed by atoms with van der Waals surface area (Å²) < 4.78 is 0. The van der Waals surface area contributed by atoms with Crippen molar-refractivity contribution in [2.45, 2.75) is 32.7 Å². The molecule has 0 aromatic carbocycles. The lowest BCUT2D eigenvalue weighted by Crippen LogP contribution is -2.27. The highest BCUT2D eigenvalue weighted by atomic mass is 14.9. The largest absolute Gasteiger partial charge is 0.327 e. The number of hydrogen-bond donors (Lipinski definition) is 2. The molecule has 0 saturated heterocycles. The Morgan fingerprint density at radius 3 is 2.36 bits per heavy atom. The molecule has 0 fully saturated rings. The molecule has 0 saturated carbocycles. The van der Waals surface area contributed by atoms with Gasteiger partial charge in [0.25, 0.3) is 0 Å². The average molecular weight is 156 g/mol. The second-order valence-corrected chi connectivity index (χ2v) is 2.63. The SMILES string of the molecule is CCC(CC)NC/C=C/CN. The van der Waals surface area contributed by atoms with Crippen molar-refractivity contribution in [3.05, 3.63) is 12.2 Å². The lowest BCUT2D eigenvalue weighted by Gasteiger charge is -2.12. The van der Waals surface area contributed by atoms with E-state index < -0.39 is 0 Å². The minimum Gasteiger partial charge on any atom is -0.327 e. The molecule has 0 aliphatic rings. The zero-order valence-corrected chi connectivity index (χ0v) is 7.64. The van der Waals surface area contributed by atoms with E-state index in [1.54, 1.807) is 0 Å². The average Bonchev–Trinajstić information content (AvgIpc) is 2.05. The van der Waals surface area contributed by atoms with Crippen LogP contribution in [0.5, 0.6) is 0 Å². The highest BCUT2D eigenvalue weighted by molar-refractivity contribution is 4.85. The van der Waals surface area contributed by atoms with Crippen LogP contribution in [-0.2, 0) is 0 Å². The summed E-state index contributed by atoms with van der Waals surface area (Å²) in [5.41, 5.74) is 5.30. The molecule has 3 N–H and O–H groups in total. The van der Waals surface area contributed by atoms with Gasteiger partial charge in [-0.1, -0.05) is 26.0 Å². The Morgan fingerprint density at radius 1 is 1.27 bits per heavy atom. The third-order valence-electron chi connectivity index (χ3n) is 1.81. The molecule has 0 radical (unpaired) electrons. The van der Waals surface area contributed by atoms with Crippen molar-refractivity contribution < 1.29 is 0 Å². The van der Waals surface area contributed by atoms with E-state index in [1.807, 2.05) is 6.08 Å². The molecule has 11 heavy (non-hydrogen) atoms. The van der Waals surface area contributed by atoms with Gasteiger partial charge in [0, 0.05) is 19.1 Å². The van der Waals surface area contributed by atoms with Gasteiger partial charge in [0.15, 0.2) is 0 Å². The van der Waals surface area contributed by atoms with Crippen LogP contribution < -0.4 is 11.1 Å². The molecular weight excluding hydrogens is 136 g/mol. The van der Waals surface area contributed by atoms with Crippen molar-refractivity contribution in [2.75, 3.05) is 13.1 Å². The van der Waals surface area contributed by atoms with E-state index in [1.165, 1.54) is 12.8 Å². The molecule has 0 unspecified atom stereocenters. The molecule has 66 valence electrons. The zero-order chi connectivity index (χ0) is 8.53. The van der Waals surface area contributed by atoms with Gasteiger partial charge in [0.05, 0.1) is 0 Å². The second-order valence-electron chi connectivity index (χ2n) is 2.63.